The molecule has 0 radical (unpaired) electrons. The number of fused-ring (bicyclic) bond motifs is 3. The molecule has 0 heterocycles. The highest BCUT2D eigenvalue weighted by molar-refractivity contribution is 5.89. The standard InChI is InChI=1S/C25H30N2O5/c1-4-5-14-22(23(28)27(3)16(2)24(29)30)26-25(31)32-15-21-19-12-8-6-10-17(19)18-11-7-9-13-20(18)21/h6-13,16,21-22H,4-5,14-15H2,1-3H3,(H,26,31)(H,29,30)/t16-,22-/m0/s1. The molecule has 0 fully saturated rings. The minimum Gasteiger partial charge on any atom is -0.480 e. The Bertz CT molecular complexity index is 944. The number of benzene rings is 2. The lowest BCUT2D eigenvalue weighted by atomic mass is 9.98. The Hall–Kier alpha value is -3.35. The molecule has 7 nitrogen and oxygen atoms in total. The predicted octanol–water partition coefficient (Wildman–Crippen LogP) is 4.02. The van der Waals surface area contributed by atoms with Crippen molar-refractivity contribution in [1.82, 2.24) is 10.2 Å². The van der Waals surface area contributed by atoms with E-state index in [1.807, 2.05) is 43.3 Å². The Morgan fingerprint density at radius 2 is 1.62 bits per heavy atom. The van der Waals surface area contributed by atoms with Crippen LogP contribution in [0.2, 0.25) is 0 Å². The first-order valence-electron chi connectivity index (χ1n) is 11.0. The van der Waals surface area contributed by atoms with Gasteiger partial charge in [-0.15, -0.1) is 0 Å². The largest absolute Gasteiger partial charge is 0.480 e. The molecule has 2 aromatic carbocycles. The van der Waals surface area contributed by atoms with Gasteiger partial charge in [0.15, 0.2) is 0 Å². The SMILES string of the molecule is CCCC[C@H](NC(=O)OCC1c2ccccc2-c2ccccc21)C(=O)N(C)[C@@H](C)C(=O)O. The summed E-state index contributed by atoms with van der Waals surface area (Å²) in [5.41, 5.74) is 4.49. The monoisotopic (exact) mass is 438 g/mol. The van der Waals surface area contributed by atoms with E-state index in [1.165, 1.54) is 14.0 Å². The molecule has 0 aromatic heterocycles. The zero-order chi connectivity index (χ0) is 23.3. The van der Waals surface area contributed by atoms with Crippen molar-refractivity contribution in [2.45, 2.75) is 51.1 Å². The van der Waals surface area contributed by atoms with Gasteiger partial charge in [0.25, 0.3) is 0 Å². The molecule has 170 valence electrons. The Balaban J connectivity index is 1.68. The van der Waals surface area contributed by atoms with Gasteiger partial charge in [0.2, 0.25) is 5.91 Å². The van der Waals surface area contributed by atoms with Crippen LogP contribution in [0.15, 0.2) is 48.5 Å². The predicted molar refractivity (Wildman–Crippen MR) is 121 cm³/mol. The number of hydrogen-bond acceptors (Lipinski definition) is 4. The van der Waals surface area contributed by atoms with E-state index < -0.39 is 30.1 Å². The molecule has 32 heavy (non-hydrogen) atoms. The van der Waals surface area contributed by atoms with Gasteiger partial charge in [0, 0.05) is 13.0 Å². The zero-order valence-corrected chi connectivity index (χ0v) is 18.7. The molecule has 1 aliphatic carbocycles. The van der Waals surface area contributed by atoms with Gasteiger partial charge in [0.05, 0.1) is 0 Å². The highest BCUT2D eigenvalue weighted by atomic mass is 16.5. The van der Waals surface area contributed by atoms with Crippen molar-refractivity contribution in [3.63, 3.8) is 0 Å². The average Bonchev–Trinajstić information content (AvgIpc) is 3.12. The summed E-state index contributed by atoms with van der Waals surface area (Å²) < 4.78 is 5.55. The number of carboxylic acid groups (broad SMARTS) is 1. The fourth-order valence-corrected chi connectivity index (χ4v) is 4.05. The lowest BCUT2D eigenvalue weighted by molar-refractivity contribution is -0.149. The number of carbonyl (C=O) groups excluding carboxylic acids is 2. The van der Waals surface area contributed by atoms with Crippen LogP contribution >= 0.6 is 0 Å². The molecule has 7 heteroatoms. The molecule has 2 atom stereocenters. The van der Waals surface area contributed by atoms with E-state index in [2.05, 4.69) is 17.4 Å². The van der Waals surface area contributed by atoms with E-state index in [9.17, 15) is 19.5 Å². The minimum absolute atomic E-state index is 0.0763. The summed E-state index contributed by atoms with van der Waals surface area (Å²) in [4.78, 5) is 37.8. The fourth-order valence-electron chi connectivity index (χ4n) is 4.05. The summed E-state index contributed by atoms with van der Waals surface area (Å²) in [5.74, 6) is -1.62. The van der Waals surface area contributed by atoms with E-state index in [0.29, 0.717) is 6.42 Å². The van der Waals surface area contributed by atoms with Gasteiger partial charge in [-0.1, -0.05) is 68.3 Å². The maximum absolute atomic E-state index is 12.8. The third-order valence-corrected chi connectivity index (χ3v) is 6.07. The molecule has 0 bridgehead atoms. The maximum atomic E-state index is 12.8. The number of carbonyl (C=O) groups is 3. The van der Waals surface area contributed by atoms with Crippen LogP contribution in [0.3, 0.4) is 0 Å². The summed E-state index contributed by atoms with van der Waals surface area (Å²) in [6, 6.07) is 14.3. The number of likely N-dealkylation sites (N-methyl/N-ethyl adjacent to an activating group) is 1. The van der Waals surface area contributed by atoms with Gasteiger partial charge in [0.1, 0.15) is 18.7 Å². The average molecular weight is 439 g/mol. The Morgan fingerprint density at radius 3 is 2.16 bits per heavy atom. The van der Waals surface area contributed by atoms with Gasteiger partial charge < -0.3 is 20.1 Å². The molecule has 2 aromatic rings. The van der Waals surface area contributed by atoms with Crippen LogP contribution in [-0.2, 0) is 14.3 Å². The number of unbranched alkanes of at least 4 members (excludes halogenated alkanes) is 1. The Labute approximate surface area is 188 Å². The van der Waals surface area contributed by atoms with Crippen LogP contribution in [-0.4, -0.2) is 53.7 Å². The lowest BCUT2D eigenvalue weighted by Crippen LogP contribution is -2.51. The van der Waals surface area contributed by atoms with Gasteiger partial charge in [-0.2, -0.15) is 0 Å². The molecule has 0 saturated carbocycles. The number of rotatable bonds is 9. The van der Waals surface area contributed by atoms with E-state index >= 15 is 0 Å². The molecule has 0 saturated heterocycles. The molecule has 0 spiro atoms. The summed E-state index contributed by atoms with van der Waals surface area (Å²) in [6.45, 7) is 3.57. The first-order valence-corrected chi connectivity index (χ1v) is 11.0. The second-order valence-electron chi connectivity index (χ2n) is 8.13. The molecule has 0 aliphatic heterocycles. The van der Waals surface area contributed by atoms with E-state index in [1.54, 1.807) is 0 Å². The van der Waals surface area contributed by atoms with Crippen molar-refractivity contribution < 1.29 is 24.2 Å². The van der Waals surface area contributed by atoms with Gasteiger partial charge in [-0.05, 0) is 35.6 Å². The minimum atomic E-state index is -1.10. The number of ether oxygens (including phenoxy) is 1. The van der Waals surface area contributed by atoms with Crippen molar-refractivity contribution >= 4 is 18.0 Å². The van der Waals surface area contributed by atoms with Gasteiger partial charge in [-0.25, -0.2) is 9.59 Å². The van der Waals surface area contributed by atoms with Crippen molar-refractivity contribution in [1.29, 1.82) is 0 Å². The number of nitrogens with zero attached hydrogens (tertiary/aromatic N) is 1. The van der Waals surface area contributed by atoms with E-state index in [4.69, 9.17) is 4.74 Å². The number of hydrogen-bond donors (Lipinski definition) is 2. The molecular formula is C25H30N2O5. The lowest BCUT2D eigenvalue weighted by Gasteiger charge is -2.27. The van der Waals surface area contributed by atoms with Crippen LogP contribution in [0.4, 0.5) is 4.79 Å². The third kappa shape index (κ3) is 4.93. The second kappa shape index (κ2) is 10.3. The second-order valence-corrected chi connectivity index (χ2v) is 8.13. The van der Waals surface area contributed by atoms with Crippen molar-refractivity contribution in [3.8, 4) is 11.1 Å². The van der Waals surface area contributed by atoms with Crippen LogP contribution in [0.1, 0.15) is 50.2 Å². The third-order valence-electron chi connectivity index (χ3n) is 6.07. The number of amides is 2. The zero-order valence-electron chi connectivity index (χ0n) is 18.7. The smallest absolute Gasteiger partial charge is 0.407 e. The Morgan fingerprint density at radius 1 is 1.06 bits per heavy atom. The molecular weight excluding hydrogens is 408 g/mol. The van der Waals surface area contributed by atoms with Crippen LogP contribution < -0.4 is 5.32 Å². The molecule has 2 N–H and O–H groups in total. The summed E-state index contributed by atoms with van der Waals surface area (Å²) >= 11 is 0. The van der Waals surface area contributed by atoms with Gasteiger partial charge >= 0.3 is 12.1 Å². The highest BCUT2D eigenvalue weighted by Crippen LogP contribution is 2.44. The summed E-state index contributed by atoms with van der Waals surface area (Å²) in [7, 11) is 1.43. The van der Waals surface area contributed by atoms with Crippen LogP contribution in [0, 0.1) is 0 Å². The normalized spacial score (nSPS) is 14.1. The first-order chi connectivity index (χ1) is 15.3. The highest BCUT2D eigenvalue weighted by Gasteiger charge is 2.31. The van der Waals surface area contributed by atoms with Crippen LogP contribution in [0.25, 0.3) is 11.1 Å². The number of alkyl carbamates (subject to hydrolysis) is 1. The van der Waals surface area contributed by atoms with Crippen molar-refractivity contribution in [2.75, 3.05) is 13.7 Å². The number of nitrogens with one attached hydrogen (secondary N) is 1. The molecule has 2 amide bonds. The molecule has 1 aliphatic rings. The number of aliphatic carboxylic acids is 1. The van der Waals surface area contributed by atoms with Crippen molar-refractivity contribution in [2.24, 2.45) is 0 Å². The van der Waals surface area contributed by atoms with Crippen LogP contribution in [0.5, 0.6) is 0 Å². The molecule has 3 rings (SSSR count). The topological polar surface area (TPSA) is 95.9 Å². The quantitative estimate of drug-likeness (QED) is 0.617. The number of carboxylic acids is 1. The first kappa shape index (κ1) is 23.3. The van der Waals surface area contributed by atoms with E-state index in [0.717, 1.165) is 40.0 Å². The van der Waals surface area contributed by atoms with Crippen molar-refractivity contribution in [3.05, 3.63) is 59.7 Å². The Kier molecular flexibility index (Phi) is 7.51. The van der Waals surface area contributed by atoms with E-state index in [-0.39, 0.29) is 12.5 Å². The summed E-state index contributed by atoms with van der Waals surface area (Å²) in [5, 5.41) is 11.9. The maximum Gasteiger partial charge on any atom is 0.407 e. The van der Waals surface area contributed by atoms with Gasteiger partial charge in [-0.3, -0.25) is 4.79 Å². The molecule has 0 unspecified atom stereocenters. The fraction of sp³-hybridized carbons (Fsp3) is 0.400. The summed E-state index contributed by atoms with van der Waals surface area (Å²) in [6.07, 6.45) is 1.29.